The first-order chi connectivity index (χ1) is 9.54. The molecule has 0 aromatic heterocycles. The number of β-amino-alcohol motifs (C(OH)–C–C–N with tert-alkyl or cyclic N) is 1. The van der Waals surface area contributed by atoms with Crippen LogP contribution in [0.2, 0.25) is 0 Å². The van der Waals surface area contributed by atoms with Gasteiger partial charge in [0.05, 0.1) is 12.0 Å². The molecular weight excluding hydrogens is 282 g/mol. The van der Waals surface area contributed by atoms with Gasteiger partial charge in [-0.05, 0) is 6.92 Å². The average Bonchev–Trinajstić information content (AvgIpc) is 2.81. The third-order valence-electron chi connectivity index (χ3n) is 3.79. The van der Waals surface area contributed by atoms with E-state index in [-0.39, 0.29) is 18.0 Å². The number of aliphatic hydroxyl groups is 1. The Kier molecular flexibility index (Phi) is 5.11. The third-order valence-corrected chi connectivity index (χ3v) is 5.01. The Bertz CT molecular complexity index is 374. The maximum atomic E-state index is 12.5. The van der Waals surface area contributed by atoms with Crippen LogP contribution < -0.4 is 0 Å². The smallest absolute Gasteiger partial charge is 0.327 e. The minimum absolute atomic E-state index is 0.0981. The van der Waals surface area contributed by atoms with Crippen molar-refractivity contribution in [1.29, 1.82) is 0 Å². The number of aliphatic carboxylic acids is 1. The fourth-order valence-corrected chi connectivity index (χ4v) is 3.75. The Labute approximate surface area is 122 Å². The minimum Gasteiger partial charge on any atom is -0.480 e. The van der Waals surface area contributed by atoms with Gasteiger partial charge in [-0.1, -0.05) is 0 Å². The molecule has 2 aliphatic rings. The van der Waals surface area contributed by atoms with Crippen molar-refractivity contribution in [3.8, 4) is 0 Å². The number of carbonyl (C=O) groups is 2. The van der Waals surface area contributed by atoms with E-state index in [1.807, 2.05) is 6.92 Å². The topological polar surface area (TPSA) is 84.3 Å². The molecule has 8 heteroatoms. The molecule has 114 valence electrons. The summed E-state index contributed by atoms with van der Waals surface area (Å²) in [5, 5.41) is 18.0. The van der Waals surface area contributed by atoms with Gasteiger partial charge in [-0.3, -0.25) is 9.80 Å². The van der Waals surface area contributed by atoms with Gasteiger partial charge >= 0.3 is 12.0 Å². The Morgan fingerprint density at radius 2 is 1.90 bits per heavy atom. The summed E-state index contributed by atoms with van der Waals surface area (Å²) in [5.41, 5.74) is 0. The second-order valence-corrected chi connectivity index (χ2v) is 6.38. The van der Waals surface area contributed by atoms with E-state index in [0.29, 0.717) is 25.4 Å². The van der Waals surface area contributed by atoms with Crippen molar-refractivity contribution in [2.75, 3.05) is 45.1 Å². The number of hydrogen-bond donors (Lipinski definition) is 2. The van der Waals surface area contributed by atoms with Crippen molar-refractivity contribution in [3.63, 3.8) is 0 Å². The van der Waals surface area contributed by atoms with E-state index in [2.05, 4.69) is 4.90 Å². The summed E-state index contributed by atoms with van der Waals surface area (Å²) >= 11 is 1.50. The van der Waals surface area contributed by atoms with Gasteiger partial charge in [0.25, 0.3) is 0 Å². The SMILES string of the molecule is CC1SCC(C(=O)O)N1C(=O)N1CCN(CCO)CC1. The molecule has 0 aromatic carbocycles. The first kappa shape index (κ1) is 15.4. The zero-order valence-corrected chi connectivity index (χ0v) is 12.4. The van der Waals surface area contributed by atoms with E-state index >= 15 is 0 Å². The molecule has 2 unspecified atom stereocenters. The van der Waals surface area contributed by atoms with Crippen molar-refractivity contribution < 1.29 is 19.8 Å². The number of thioether (sulfide) groups is 1. The summed E-state index contributed by atoms with van der Waals surface area (Å²) in [6.07, 6.45) is 0. The van der Waals surface area contributed by atoms with E-state index < -0.39 is 12.0 Å². The monoisotopic (exact) mass is 303 g/mol. The van der Waals surface area contributed by atoms with E-state index in [0.717, 1.165) is 13.1 Å². The molecule has 0 saturated carbocycles. The van der Waals surface area contributed by atoms with E-state index in [9.17, 15) is 14.7 Å². The number of nitrogens with zero attached hydrogens (tertiary/aromatic N) is 3. The molecular formula is C12H21N3O4S. The van der Waals surface area contributed by atoms with Crippen molar-refractivity contribution in [2.45, 2.75) is 18.3 Å². The molecule has 2 aliphatic heterocycles. The molecule has 0 spiro atoms. The van der Waals surface area contributed by atoms with Crippen LogP contribution in [0.1, 0.15) is 6.92 Å². The summed E-state index contributed by atoms with van der Waals surface area (Å²) in [6, 6.07) is -0.906. The van der Waals surface area contributed by atoms with Crippen molar-refractivity contribution in [3.05, 3.63) is 0 Å². The number of carboxylic acids is 1. The van der Waals surface area contributed by atoms with Gasteiger partial charge in [-0.2, -0.15) is 0 Å². The highest BCUT2D eigenvalue weighted by Gasteiger charge is 2.41. The predicted molar refractivity (Wildman–Crippen MR) is 75.7 cm³/mol. The molecule has 2 fully saturated rings. The number of piperazine rings is 1. The first-order valence-electron chi connectivity index (χ1n) is 6.79. The molecule has 2 N–H and O–H groups in total. The molecule has 2 amide bonds. The number of rotatable bonds is 3. The summed E-state index contributed by atoms with van der Waals surface area (Å²) in [7, 11) is 0. The molecule has 7 nitrogen and oxygen atoms in total. The molecule has 2 heterocycles. The van der Waals surface area contributed by atoms with Crippen molar-refractivity contribution in [2.24, 2.45) is 0 Å². The standard InChI is InChI=1S/C12H21N3O4S/c1-9-15(10(8-20-9)11(17)18)12(19)14-4-2-13(3-5-14)6-7-16/h9-10,16H,2-8H2,1H3,(H,17,18). The van der Waals surface area contributed by atoms with Gasteiger partial charge in [-0.15, -0.1) is 11.8 Å². The molecule has 0 aliphatic carbocycles. The van der Waals surface area contributed by atoms with Gasteiger partial charge < -0.3 is 15.1 Å². The maximum absolute atomic E-state index is 12.5. The van der Waals surface area contributed by atoms with Crippen LogP contribution in [0.25, 0.3) is 0 Å². The van der Waals surface area contributed by atoms with E-state index in [1.165, 1.54) is 16.7 Å². The lowest BCUT2D eigenvalue weighted by molar-refractivity contribution is -0.141. The fraction of sp³-hybridized carbons (Fsp3) is 0.833. The highest BCUT2D eigenvalue weighted by atomic mass is 32.2. The number of amides is 2. The molecule has 0 aromatic rings. The third kappa shape index (κ3) is 3.18. The Morgan fingerprint density at radius 1 is 1.25 bits per heavy atom. The van der Waals surface area contributed by atoms with Crippen molar-refractivity contribution >= 4 is 23.8 Å². The predicted octanol–water partition coefficient (Wildman–Crippen LogP) is -0.436. The number of carbonyl (C=O) groups excluding carboxylic acids is 1. The molecule has 2 atom stereocenters. The second-order valence-electron chi connectivity index (χ2n) is 5.03. The molecule has 0 radical (unpaired) electrons. The lowest BCUT2D eigenvalue weighted by atomic mass is 10.2. The number of urea groups is 1. The van der Waals surface area contributed by atoms with Crippen LogP contribution in [0.4, 0.5) is 4.79 Å². The maximum Gasteiger partial charge on any atom is 0.327 e. The van der Waals surface area contributed by atoms with Gasteiger partial charge in [0.1, 0.15) is 6.04 Å². The van der Waals surface area contributed by atoms with Gasteiger partial charge in [0, 0.05) is 38.5 Å². The van der Waals surface area contributed by atoms with Crippen LogP contribution in [0.15, 0.2) is 0 Å². The van der Waals surface area contributed by atoms with Crippen LogP contribution in [-0.4, -0.2) is 93.4 Å². The van der Waals surface area contributed by atoms with E-state index in [1.54, 1.807) is 4.90 Å². The molecule has 2 saturated heterocycles. The highest BCUT2D eigenvalue weighted by molar-refractivity contribution is 8.00. The summed E-state index contributed by atoms with van der Waals surface area (Å²) in [4.78, 5) is 29.0. The van der Waals surface area contributed by atoms with Crippen LogP contribution in [-0.2, 0) is 4.79 Å². The first-order valence-corrected chi connectivity index (χ1v) is 7.84. The van der Waals surface area contributed by atoms with Gasteiger partial charge in [0.15, 0.2) is 0 Å². The van der Waals surface area contributed by atoms with Crippen molar-refractivity contribution in [1.82, 2.24) is 14.7 Å². The Morgan fingerprint density at radius 3 is 2.45 bits per heavy atom. The Hall–Kier alpha value is -0.990. The van der Waals surface area contributed by atoms with Gasteiger partial charge in [-0.25, -0.2) is 9.59 Å². The van der Waals surface area contributed by atoms with Crippen LogP contribution in [0.5, 0.6) is 0 Å². The largest absolute Gasteiger partial charge is 0.480 e. The fourth-order valence-electron chi connectivity index (χ4n) is 2.59. The second kappa shape index (κ2) is 6.64. The number of hydrogen-bond acceptors (Lipinski definition) is 5. The molecule has 2 rings (SSSR count). The number of carboxylic acid groups (broad SMARTS) is 1. The summed E-state index contributed by atoms with van der Waals surface area (Å²) in [6.45, 7) is 5.22. The molecule has 20 heavy (non-hydrogen) atoms. The minimum atomic E-state index is -0.936. The van der Waals surface area contributed by atoms with Crippen LogP contribution in [0.3, 0.4) is 0 Å². The quantitative estimate of drug-likeness (QED) is 0.736. The lowest BCUT2D eigenvalue weighted by Gasteiger charge is -2.38. The molecule has 0 bridgehead atoms. The highest BCUT2D eigenvalue weighted by Crippen LogP contribution is 2.30. The lowest BCUT2D eigenvalue weighted by Crippen LogP contribution is -2.56. The normalized spacial score (nSPS) is 27.9. The number of aliphatic hydroxyl groups excluding tert-OH is 1. The van der Waals surface area contributed by atoms with Crippen LogP contribution >= 0.6 is 11.8 Å². The average molecular weight is 303 g/mol. The zero-order valence-electron chi connectivity index (χ0n) is 11.6. The Balaban J connectivity index is 1.95. The summed E-state index contributed by atoms with van der Waals surface area (Å²) in [5.74, 6) is -0.485. The zero-order chi connectivity index (χ0) is 14.7. The van der Waals surface area contributed by atoms with Gasteiger partial charge in [0.2, 0.25) is 0 Å². The van der Waals surface area contributed by atoms with Crippen LogP contribution in [0, 0.1) is 0 Å². The van der Waals surface area contributed by atoms with E-state index in [4.69, 9.17) is 5.11 Å². The summed E-state index contributed by atoms with van der Waals surface area (Å²) < 4.78 is 0.